The summed E-state index contributed by atoms with van der Waals surface area (Å²) in [5, 5.41) is 6.93. The van der Waals surface area contributed by atoms with E-state index in [1.807, 2.05) is 13.0 Å². The molecular formula is C15H20N2O2Se. The van der Waals surface area contributed by atoms with Crippen molar-refractivity contribution in [3.63, 3.8) is 0 Å². The van der Waals surface area contributed by atoms with Crippen LogP contribution in [0.4, 0.5) is 4.79 Å². The van der Waals surface area contributed by atoms with Crippen LogP contribution in [0.2, 0.25) is 5.32 Å². The molecule has 0 N–H and O–H groups in total. The Morgan fingerprint density at radius 2 is 2.15 bits per heavy atom. The van der Waals surface area contributed by atoms with Gasteiger partial charge in [-0.3, -0.25) is 0 Å². The van der Waals surface area contributed by atoms with Gasteiger partial charge in [0.2, 0.25) is 0 Å². The maximum absolute atomic E-state index is 11.9. The summed E-state index contributed by atoms with van der Waals surface area (Å²) in [6.45, 7) is 4.29. The predicted octanol–water partition coefficient (Wildman–Crippen LogP) is 2.43. The van der Waals surface area contributed by atoms with Gasteiger partial charge in [0.1, 0.15) is 0 Å². The van der Waals surface area contributed by atoms with Gasteiger partial charge < -0.3 is 0 Å². The number of carbonyl (C=O) groups excluding carboxylic acids is 1. The number of hydrogen-bond donors (Lipinski definition) is 0. The van der Waals surface area contributed by atoms with Gasteiger partial charge in [-0.15, -0.1) is 0 Å². The Morgan fingerprint density at radius 1 is 1.40 bits per heavy atom. The molecule has 5 heteroatoms. The molecule has 0 spiro atoms. The number of benzene rings is 1. The number of hydrogen-bond acceptors (Lipinski definition) is 3. The van der Waals surface area contributed by atoms with Crippen molar-refractivity contribution in [2.24, 2.45) is 5.10 Å². The van der Waals surface area contributed by atoms with Gasteiger partial charge in [-0.2, -0.15) is 0 Å². The van der Waals surface area contributed by atoms with E-state index in [1.165, 1.54) is 4.46 Å². The quantitative estimate of drug-likeness (QED) is 0.773. The van der Waals surface area contributed by atoms with E-state index in [1.54, 1.807) is 5.01 Å². The van der Waals surface area contributed by atoms with Crippen molar-refractivity contribution in [1.82, 2.24) is 5.01 Å². The first-order valence-corrected chi connectivity index (χ1v) is 9.01. The average Bonchev–Trinajstić information content (AvgIpc) is 2.90. The van der Waals surface area contributed by atoms with Crippen molar-refractivity contribution in [1.29, 1.82) is 0 Å². The summed E-state index contributed by atoms with van der Waals surface area (Å²) in [6.07, 6.45) is 1.46. The molecule has 20 heavy (non-hydrogen) atoms. The first-order chi connectivity index (χ1) is 9.74. The van der Waals surface area contributed by atoms with Crippen molar-refractivity contribution in [2.45, 2.75) is 38.1 Å². The monoisotopic (exact) mass is 340 g/mol. The van der Waals surface area contributed by atoms with Crippen LogP contribution in [0.5, 0.6) is 0 Å². The Balaban J connectivity index is 1.97. The fourth-order valence-corrected chi connectivity index (χ4v) is 4.15. The van der Waals surface area contributed by atoms with E-state index < -0.39 is 0 Å². The molecule has 108 valence electrons. The van der Waals surface area contributed by atoms with Crippen LogP contribution in [0, 0.1) is 0 Å². The Hall–Kier alpha value is -1.32. The van der Waals surface area contributed by atoms with Gasteiger partial charge >= 0.3 is 126 Å². The van der Waals surface area contributed by atoms with Crippen LogP contribution in [-0.2, 0) is 4.74 Å². The van der Waals surface area contributed by atoms with Crippen LogP contribution in [-0.4, -0.2) is 44.4 Å². The molecular weight excluding hydrogens is 319 g/mol. The molecule has 0 bridgehead atoms. The molecule has 1 amide bonds. The van der Waals surface area contributed by atoms with Gasteiger partial charge in [-0.05, 0) is 0 Å². The molecule has 1 aliphatic rings. The van der Waals surface area contributed by atoms with Crippen LogP contribution in [0.15, 0.2) is 35.4 Å². The average molecular weight is 339 g/mol. The summed E-state index contributed by atoms with van der Waals surface area (Å²) in [5.41, 5.74) is 1.09. The van der Waals surface area contributed by atoms with Gasteiger partial charge in [0, 0.05) is 0 Å². The minimum atomic E-state index is -0.315. The van der Waals surface area contributed by atoms with E-state index in [9.17, 15) is 4.79 Å². The van der Waals surface area contributed by atoms with E-state index in [-0.39, 0.29) is 12.1 Å². The Kier molecular flexibility index (Phi) is 5.62. The fourth-order valence-electron chi connectivity index (χ4n) is 2.07. The Morgan fingerprint density at radius 3 is 2.80 bits per heavy atom. The van der Waals surface area contributed by atoms with Crippen LogP contribution in [0.3, 0.4) is 0 Å². The van der Waals surface area contributed by atoms with Gasteiger partial charge in [0.25, 0.3) is 0 Å². The molecule has 4 nitrogen and oxygen atoms in total. The summed E-state index contributed by atoms with van der Waals surface area (Å²) in [5.74, 6) is 0. The third kappa shape index (κ3) is 3.84. The molecule has 1 heterocycles. The molecule has 0 saturated heterocycles. The number of hydrazone groups is 1. The van der Waals surface area contributed by atoms with E-state index in [0.29, 0.717) is 21.6 Å². The molecule has 1 aromatic rings. The summed E-state index contributed by atoms with van der Waals surface area (Å²) >= 11 is 0.357. The third-order valence-electron chi connectivity index (χ3n) is 3.11. The number of rotatable bonds is 5. The first kappa shape index (κ1) is 15.1. The van der Waals surface area contributed by atoms with Crippen molar-refractivity contribution >= 4 is 31.2 Å². The van der Waals surface area contributed by atoms with Gasteiger partial charge in [0.05, 0.1) is 0 Å². The zero-order chi connectivity index (χ0) is 14.4. The Labute approximate surface area is 126 Å². The minimum absolute atomic E-state index is 0.157. The van der Waals surface area contributed by atoms with Crippen molar-refractivity contribution < 1.29 is 9.53 Å². The molecule has 0 aliphatic carbocycles. The van der Waals surface area contributed by atoms with E-state index in [2.05, 4.69) is 36.3 Å². The van der Waals surface area contributed by atoms with Crippen LogP contribution < -0.4 is 4.46 Å². The maximum atomic E-state index is 11.9. The molecule has 2 rings (SSSR count). The molecule has 0 fully saturated rings. The summed E-state index contributed by atoms with van der Waals surface area (Å²) in [6, 6.07) is 10.6. The van der Waals surface area contributed by atoms with Crippen molar-refractivity contribution in [3.8, 4) is 0 Å². The SMILES string of the molecule is CCOC(=O)N1N=C(CC)CC1C[Se]c1ccccc1. The van der Waals surface area contributed by atoms with Gasteiger partial charge in [-0.1, -0.05) is 0 Å². The standard InChI is InChI=1S/C15H20N2O2Se/c1-3-12-10-13(17(16-12)15(18)19-4-2)11-20-14-8-6-5-7-9-14/h5-9,13H,3-4,10-11H2,1-2H3. The number of carbonyl (C=O) groups is 1. The number of nitrogens with zero attached hydrogens (tertiary/aromatic N) is 2. The fraction of sp³-hybridized carbons (Fsp3) is 0.467. The summed E-state index contributed by atoms with van der Waals surface area (Å²) in [4.78, 5) is 11.9. The van der Waals surface area contributed by atoms with Crippen LogP contribution >= 0.6 is 0 Å². The molecule has 1 atom stereocenters. The second-order valence-corrected chi connectivity index (χ2v) is 6.84. The first-order valence-electron chi connectivity index (χ1n) is 6.94. The zero-order valence-electron chi connectivity index (χ0n) is 11.9. The van der Waals surface area contributed by atoms with Crippen molar-refractivity contribution in [2.75, 3.05) is 6.61 Å². The normalized spacial score (nSPS) is 18.0. The summed E-state index contributed by atoms with van der Waals surface area (Å²) in [7, 11) is 0. The molecule has 1 aliphatic heterocycles. The predicted molar refractivity (Wildman–Crippen MR) is 81.6 cm³/mol. The van der Waals surface area contributed by atoms with Gasteiger partial charge in [-0.25, -0.2) is 0 Å². The third-order valence-corrected chi connectivity index (χ3v) is 5.54. The van der Waals surface area contributed by atoms with Crippen LogP contribution in [0.1, 0.15) is 26.7 Å². The van der Waals surface area contributed by atoms with Crippen molar-refractivity contribution in [3.05, 3.63) is 30.3 Å². The number of amides is 1. The molecule has 0 aromatic heterocycles. The Bertz CT molecular complexity index is 476. The number of ether oxygens (including phenoxy) is 1. The molecule has 1 unspecified atom stereocenters. The van der Waals surface area contributed by atoms with Gasteiger partial charge in [0.15, 0.2) is 0 Å². The zero-order valence-corrected chi connectivity index (χ0v) is 13.6. The van der Waals surface area contributed by atoms with E-state index in [0.717, 1.165) is 23.9 Å². The topological polar surface area (TPSA) is 41.9 Å². The molecule has 0 radical (unpaired) electrons. The molecule has 1 aromatic carbocycles. The van der Waals surface area contributed by atoms with E-state index >= 15 is 0 Å². The van der Waals surface area contributed by atoms with Crippen LogP contribution in [0.25, 0.3) is 0 Å². The van der Waals surface area contributed by atoms with E-state index in [4.69, 9.17) is 4.74 Å². The second kappa shape index (κ2) is 7.46. The second-order valence-electron chi connectivity index (χ2n) is 4.55. The molecule has 0 saturated carbocycles. The summed E-state index contributed by atoms with van der Waals surface area (Å²) < 4.78 is 6.44.